The molecule has 0 saturated carbocycles. The molecule has 1 aliphatic rings. The Morgan fingerprint density at radius 1 is 1.26 bits per heavy atom. The van der Waals surface area contributed by atoms with Gasteiger partial charge in [-0.25, -0.2) is 4.99 Å². The van der Waals surface area contributed by atoms with Gasteiger partial charge in [-0.2, -0.15) is 4.99 Å². The van der Waals surface area contributed by atoms with E-state index in [4.69, 9.17) is 17.2 Å². The molecule has 1 amide bonds. The fourth-order valence-electron chi connectivity index (χ4n) is 2.00. The van der Waals surface area contributed by atoms with Crippen LogP contribution < -0.4 is 22.5 Å². The van der Waals surface area contributed by atoms with Crippen LogP contribution in [0.5, 0.6) is 0 Å². The Bertz CT molecular complexity index is 586. The van der Waals surface area contributed by atoms with E-state index in [1.165, 1.54) is 0 Å². The first kappa shape index (κ1) is 12.9. The molecule has 100 valence electrons. The molecule has 7 N–H and O–H groups in total. The first-order valence-corrected chi connectivity index (χ1v) is 5.83. The van der Waals surface area contributed by atoms with E-state index in [0.29, 0.717) is 24.2 Å². The van der Waals surface area contributed by atoms with Gasteiger partial charge in [0, 0.05) is 6.42 Å². The number of carbonyl (C=O) groups is 1. The van der Waals surface area contributed by atoms with Crippen molar-refractivity contribution in [3.63, 3.8) is 0 Å². The highest BCUT2D eigenvalue weighted by molar-refractivity contribution is 5.99. The molecular formula is C12H16N6O. The maximum atomic E-state index is 11.5. The van der Waals surface area contributed by atoms with Crippen molar-refractivity contribution in [2.75, 3.05) is 5.32 Å². The molecule has 7 heteroatoms. The molecule has 0 spiro atoms. The number of aryl methyl sites for hydroxylation is 2. The first-order valence-electron chi connectivity index (χ1n) is 5.83. The molecule has 0 unspecified atom stereocenters. The van der Waals surface area contributed by atoms with Crippen LogP contribution in [0.4, 0.5) is 11.4 Å². The summed E-state index contributed by atoms with van der Waals surface area (Å²) in [6, 6.07) is 3.84. The zero-order valence-electron chi connectivity index (χ0n) is 10.6. The fourth-order valence-corrected chi connectivity index (χ4v) is 2.00. The van der Waals surface area contributed by atoms with Crippen LogP contribution in [0.2, 0.25) is 0 Å². The molecule has 0 aliphatic carbocycles. The van der Waals surface area contributed by atoms with Gasteiger partial charge in [-0.05, 0) is 30.5 Å². The Morgan fingerprint density at radius 3 is 2.68 bits per heavy atom. The topological polar surface area (TPSA) is 132 Å². The van der Waals surface area contributed by atoms with Gasteiger partial charge in [0.2, 0.25) is 11.9 Å². The summed E-state index contributed by atoms with van der Waals surface area (Å²) >= 11 is 0. The van der Waals surface area contributed by atoms with Gasteiger partial charge in [-0.3, -0.25) is 4.79 Å². The van der Waals surface area contributed by atoms with Crippen molar-refractivity contribution < 1.29 is 4.79 Å². The van der Waals surface area contributed by atoms with E-state index >= 15 is 0 Å². The van der Waals surface area contributed by atoms with Crippen LogP contribution in [0, 0.1) is 6.92 Å². The van der Waals surface area contributed by atoms with Crippen molar-refractivity contribution in [1.82, 2.24) is 0 Å². The monoisotopic (exact) mass is 260 g/mol. The van der Waals surface area contributed by atoms with Crippen LogP contribution in [0.25, 0.3) is 0 Å². The number of fused-ring (bicyclic) bond motifs is 1. The molecule has 1 heterocycles. The summed E-state index contributed by atoms with van der Waals surface area (Å²) < 4.78 is 0. The normalized spacial score (nSPS) is 14.6. The molecule has 0 atom stereocenters. The highest BCUT2D eigenvalue weighted by atomic mass is 16.1. The van der Waals surface area contributed by atoms with Crippen molar-refractivity contribution in [3.05, 3.63) is 23.3 Å². The summed E-state index contributed by atoms with van der Waals surface area (Å²) in [5.41, 5.74) is 19.4. The number of benzene rings is 1. The quantitative estimate of drug-likeness (QED) is 0.421. The second-order valence-corrected chi connectivity index (χ2v) is 4.37. The summed E-state index contributed by atoms with van der Waals surface area (Å²) in [6.45, 7) is 1.95. The largest absolute Gasteiger partial charge is 0.370 e. The zero-order valence-corrected chi connectivity index (χ0v) is 10.6. The molecule has 0 radical (unpaired) electrons. The molecule has 1 aromatic rings. The smallest absolute Gasteiger partial charge is 0.224 e. The van der Waals surface area contributed by atoms with Gasteiger partial charge in [0.1, 0.15) is 0 Å². The molecule has 1 aliphatic heterocycles. The fraction of sp³-hybridized carbons (Fsp3) is 0.250. The minimum absolute atomic E-state index is 0.0341. The molecule has 1 aromatic carbocycles. The van der Waals surface area contributed by atoms with Gasteiger partial charge < -0.3 is 22.5 Å². The van der Waals surface area contributed by atoms with Gasteiger partial charge in [-0.15, -0.1) is 0 Å². The predicted octanol–water partition coefficient (Wildman–Crippen LogP) is 0.0993. The lowest BCUT2D eigenvalue weighted by molar-refractivity contribution is -0.116. The molecule has 7 nitrogen and oxygen atoms in total. The highest BCUT2D eigenvalue weighted by Crippen LogP contribution is 2.34. The minimum Gasteiger partial charge on any atom is -0.370 e. The molecule has 0 bridgehead atoms. The van der Waals surface area contributed by atoms with E-state index in [-0.39, 0.29) is 17.8 Å². The Morgan fingerprint density at radius 2 is 2.00 bits per heavy atom. The van der Waals surface area contributed by atoms with Gasteiger partial charge in [0.05, 0.1) is 11.4 Å². The van der Waals surface area contributed by atoms with Crippen LogP contribution in [0.3, 0.4) is 0 Å². The standard InChI is InChI=1S/C12H16N6O/c1-6-4-7-2-3-9(19)17-10(7)8(5-6)16-12(15)18-11(13)14/h4-5H,2-3H2,1H3,(H,17,19)(H6,13,14,15,16,18). The average Bonchev–Trinajstić information content (AvgIpc) is 2.28. The van der Waals surface area contributed by atoms with E-state index in [2.05, 4.69) is 15.3 Å². The van der Waals surface area contributed by atoms with Crippen molar-refractivity contribution in [3.8, 4) is 0 Å². The van der Waals surface area contributed by atoms with Crippen molar-refractivity contribution in [2.45, 2.75) is 19.8 Å². The first-order chi connectivity index (χ1) is 8.95. The Kier molecular flexibility index (Phi) is 3.37. The van der Waals surface area contributed by atoms with E-state index in [9.17, 15) is 4.79 Å². The van der Waals surface area contributed by atoms with Gasteiger partial charge in [-0.1, -0.05) is 6.07 Å². The Labute approximate surface area is 110 Å². The molecule has 0 saturated heterocycles. The molecule has 2 rings (SSSR count). The Balaban J connectivity index is 2.48. The number of amides is 1. The minimum atomic E-state index is -0.160. The number of carbonyl (C=O) groups excluding carboxylic acids is 1. The van der Waals surface area contributed by atoms with E-state index in [1.54, 1.807) is 0 Å². The number of hydrogen-bond donors (Lipinski definition) is 4. The maximum Gasteiger partial charge on any atom is 0.224 e. The van der Waals surface area contributed by atoms with Crippen LogP contribution in [0.15, 0.2) is 22.1 Å². The maximum absolute atomic E-state index is 11.5. The molecule has 0 aromatic heterocycles. The number of aliphatic imine (C=N–C) groups is 2. The van der Waals surface area contributed by atoms with Crippen molar-refractivity contribution >= 4 is 29.2 Å². The van der Waals surface area contributed by atoms with Crippen molar-refractivity contribution in [2.24, 2.45) is 27.2 Å². The molecule has 0 fully saturated rings. The van der Waals surface area contributed by atoms with E-state index in [1.807, 2.05) is 19.1 Å². The lowest BCUT2D eigenvalue weighted by atomic mass is 9.99. The Hall–Kier alpha value is -2.57. The van der Waals surface area contributed by atoms with Gasteiger partial charge in [0.15, 0.2) is 5.96 Å². The number of hydrogen-bond acceptors (Lipinski definition) is 2. The SMILES string of the molecule is Cc1cc2c(c(N=C(N)N=C(N)N)c1)NC(=O)CC2. The molecule has 19 heavy (non-hydrogen) atoms. The second kappa shape index (κ2) is 4.97. The summed E-state index contributed by atoms with van der Waals surface area (Å²) in [6.07, 6.45) is 1.16. The second-order valence-electron chi connectivity index (χ2n) is 4.37. The van der Waals surface area contributed by atoms with Crippen LogP contribution in [0.1, 0.15) is 17.5 Å². The third-order valence-electron chi connectivity index (χ3n) is 2.71. The third-order valence-corrected chi connectivity index (χ3v) is 2.71. The lowest BCUT2D eigenvalue weighted by Gasteiger charge is -2.19. The van der Waals surface area contributed by atoms with Crippen molar-refractivity contribution in [1.29, 1.82) is 0 Å². The lowest BCUT2D eigenvalue weighted by Crippen LogP contribution is -2.26. The number of rotatable bonds is 1. The third kappa shape index (κ3) is 3.01. The van der Waals surface area contributed by atoms with E-state index in [0.717, 1.165) is 11.1 Å². The average molecular weight is 260 g/mol. The predicted molar refractivity (Wildman–Crippen MR) is 75.2 cm³/mol. The highest BCUT2D eigenvalue weighted by Gasteiger charge is 2.18. The summed E-state index contributed by atoms with van der Waals surface area (Å²) in [7, 11) is 0. The number of anilines is 1. The summed E-state index contributed by atoms with van der Waals surface area (Å²) in [5.74, 6) is -0.243. The number of guanidine groups is 2. The van der Waals surface area contributed by atoms with Crippen LogP contribution in [-0.4, -0.2) is 17.8 Å². The van der Waals surface area contributed by atoms with Crippen LogP contribution in [-0.2, 0) is 11.2 Å². The number of nitrogens with zero attached hydrogens (tertiary/aromatic N) is 2. The van der Waals surface area contributed by atoms with E-state index < -0.39 is 0 Å². The molecular weight excluding hydrogens is 244 g/mol. The number of nitrogens with one attached hydrogen (secondary N) is 1. The van der Waals surface area contributed by atoms with Gasteiger partial charge >= 0.3 is 0 Å². The van der Waals surface area contributed by atoms with Crippen LogP contribution >= 0.6 is 0 Å². The van der Waals surface area contributed by atoms with Gasteiger partial charge in [0.25, 0.3) is 0 Å². The number of nitrogens with two attached hydrogens (primary N) is 3. The zero-order chi connectivity index (χ0) is 14.0. The summed E-state index contributed by atoms with van der Waals surface area (Å²) in [4.78, 5) is 19.3. The summed E-state index contributed by atoms with van der Waals surface area (Å²) in [5, 5.41) is 2.80.